The second-order valence-electron chi connectivity index (χ2n) is 7.45. The van der Waals surface area contributed by atoms with Crippen molar-refractivity contribution in [3.63, 3.8) is 0 Å². The summed E-state index contributed by atoms with van der Waals surface area (Å²) in [4.78, 5) is 22.6. The molecule has 0 saturated heterocycles. The van der Waals surface area contributed by atoms with Crippen molar-refractivity contribution >= 4 is 23.3 Å². The number of carboxylic acids is 2. The predicted octanol–water partition coefficient (Wildman–Crippen LogP) is 3.67. The van der Waals surface area contributed by atoms with Crippen LogP contribution in [0.1, 0.15) is 98.4 Å². The second-order valence-corrected chi connectivity index (χ2v) is 8.47. The van der Waals surface area contributed by atoms with E-state index < -0.39 is 11.9 Å². The smallest absolute Gasteiger partial charge is 0.181 e. The second kappa shape index (κ2) is 13.5. The minimum absolute atomic E-state index is 0.0329. The van der Waals surface area contributed by atoms with Crippen LogP contribution in [0.3, 0.4) is 0 Å². The molecule has 0 amide bonds. The Morgan fingerprint density at radius 2 is 1.17 bits per heavy atom. The zero-order valence-electron chi connectivity index (χ0n) is 18.1. The summed E-state index contributed by atoms with van der Waals surface area (Å²) in [6.07, 6.45) is 7.97. The molecule has 7 heteroatoms. The molecule has 0 fully saturated rings. The Labute approximate surface area is 178 Å². The third kappa shape index (κ3) is 7.88. The molecule has 1 heterocycles. The third-order valence-corrected chi connectivity index (χ3v) is 6.32. The molecule has 0 bridgehead atoms. The fourth-order valence-corrected chi connectivity index (χ4v) is 3.99. The van der Waals surface area contributed by atoms with E-state index in [1.54, 1.807) is 0 Å². The molecule has 0 unspecified atom stereocenters. The first-order chi connectivity index (χ1) is 13.9. The number of rotatable bonds is 16. The summed E-state index contributed by atoms with van der Waals surface area (Å²) in [6.45, 7) is 8.96. The minimum Gasteiger partial charge on any atom is -0.544 e. The summed E-state index contributed by atoms with van der Waals surface area (Å²) in [7, 11) is 0. The first-order valence-electron chi connectivity index (χ1n) is 10.7. The highest BCUT2D eigenvalue weighted by molar-refractivity contribution is 7.16. The van der Waals surface area contributed by atoms with Crippen LogP contribution < -0.4 is 19.7 Å². The average Bonchev–Trinajstić information content (AvgIpc) is 3.07. The Hall–Kier alpha value is -1.76. The Kier molecular flexibility index (Phi) is 11.7. The van der Waals surface area contributed by atoms with E-state index in [0.717, 1.165) is 51.4 Å². The van der Waals surface area contributed by atoms with Crippen LogP contribution >= 0.6 is 11.3 Å². The molecule has 0 aliphatic rings. The van der Waals surface area contributed by atoms with E-state index in [0.29, 0.717) is 24.6 Å². The van der Waals surface area contributed by atoms with E-state index >= 15 is 0 Å². The van der Waals surface area contributed by atoms with Crippen LogP contribution in [0.25, 0.3) is 0 Å². The Bertz CT molecular complexity index is 587. The fourth-order valence-electron chi connectivity index (χ4n) is 3.13. The summed E-state index contributed by atoms with van der Waals surface area (Å²) in [6, 6.07) is 0. The number of aromatic carboxylic acids is 2. The van der Waals surface area contributed by atoms with Crippen LogP contribution in [0, 0.1) is 11.8 Å². The number of thiophene rings is 1. The maximum Gasteiger partial charge on any atom is 0.181 e. The van der Waals surface area contributed by atoms with Gasteiger partial charge in [0.2, 0.25) is 0 Å². The number of carbonyl (C=O) groups is 2. The summed E-state index contributed by atoms with van der Waals surface area (Å²) in [5.41, 5.74) is 0. The van der Waals surface area contributed by atoms with Crippen molar-refractivity contribution in [2.24, 2.45) is 11.8 Å². The van der Waals surface area contributed by atoms with Crippen LogP contribution in [0.15, 0.2) is 0 Å². The molecule has 0 spiro atoms. The SMILES string of the molecule is CCCC[C@H](CC)COc1c(C(=O)[O-])sc(C(=O)[O-])c1OC[C@@H](CC)CCCC. The molecule has 0 aromatic carbocycles. The van der Waals surface area contributed by atoms with E-state index in [9.17, 15) is 19.8 Å². The van der Waals surface area contributed by atoms with E-state index in [2.05, 4.69) is 27.7 Å². The van der Waals surface area contributed by atoms with Gasteiger partial charge in [0.15, 0.2) is 11.5 Å². The standard InChI is InChI=1S/C22H36O6S/c1-5-9-11-15(7-3)13-27-17-18(28-14-16(8-4)12-10-6-2)20(22(25)26)29-19(17)21(23)24/h15-16H,5-14H2,1-4H3,(H,23,24)(H,25,26)/p-2/t15-,16-/m0/s1. The molecule has 166 valence electrons. The van der Waals surface area contributed by atoms with Crippen LogP contribution in [-0.4, -0.2) is 25.2 Å². The van der Waals surface area contributed by atoms with Gasteiger partial charge in [-0.1, -0.05) is 66.2 Å². The van der Waals surface area contributed by atoms with Gasteiger partial charge in [0.25, 0.3) is 0 Å². The molecular weight excluding hydrogens is 392 g/mol. The molecule has 0 N–H and O–H groups in total. The highest BCUT2D eigenvalue weighted by atomic mass is 32.1. The van der Waals surface area contributed by atoms with Gasteiger partial charge >= 0.3 is 0 Å². The zero-order chi connectivity index (χ0) is 21.8. The van der Waals surface area contributed by atoms with Crippen LogP contribution in [-0.2, 0) is 0 Å². The summed E-state index contributed by atoms with van der Waals surface area (Å²) in [5.74, 6) is -2.48. The molecule has 0 aliphatic carbocycles. The van der Waals surface area contributed by atoms with Gasteiger partial charge in [-0.05, 0) is 24.7 Å². The van der Waals surface area contributed by atoms with Gasteiger partial charge in [-0.25, -0.2) is 0 Å². The van der Waals surface area contributed by atoms with Crippen molar-refractivity contribution in [1.29, 1.82) is 0 Å². The van der Waals surface area contributed by atoms with Crippen molar-refractivity contribution in [3.8, 4) is 11.5 Å². The van der Waals surface area contributed by atoms with Gasteiger partial charge in [-0.15, -0.1) is 11.3 Å². The molecule has 6 nitrogen and oxygen atoms in total. The fraction of sp³-hybridized carbons (Fsp3) is 0.727. The van der Waals surface area contributed by atoms with Crippen LogP contribution in [0.5, 0.6) is 11.5 Å². The normalized spacial score (nSPS) is 13.1. The number of ether oxygens (including phenoxy) is 2. The maximum atomic E-state index is 11.6. The van der Waals surface area contributed by atoms with Crippen molar-refractivity contribution in [2.45, 2.75) is 79.1 Å². The van der Waals surface area contributed by atoms with E-state index in [1.807, 2.05) is 0 Å². The Balaban J connectivity index is 3.09. The number of carbonyl (C=O) groups excluding carboxylic acids is 2. The molecule has 1 rings (SSSR count). The van der Waals surface area contributed by atoms with Gasteiger partial charge in [0.05, 0.1) is 34.9 Å². The topological polar surface area (TPSA) is 98.7 Å². The quantitative estimate of drug-likeness (QED) is 0.400. The Morgan fingerprint density at radius 1 is 0.793 bits per heavy atom. The molecule has 0 radical (unpaired) electrons. The first-order valence-corrected chi connectivity index (χ1v) is 11.6. The summed E-state index contributed by atoms with van der Waals surface area (Å²) >= 11 is 0.583. The van der Waals surface area contributed by atoms with E-state index in [1.165, 1.54) is 0 Å². The molecular formula is C22H34O6S-2. The first kappa shape index (κ1) is 25.3. The molecule has 0 aliphatic heterocycles. The highest BCUT2D eigenvalue weighted by Crippen LogP contribution is 2.42. The zero-order valence-corrected chi connectivity index (χ0v) is 18.9. The largest absolute Gasteiger partial charge is 0.544 e. The van der Waals surface area contributed by atoms with Gasteiger partial charge in [0, 0.05) is 0 Å². The lowest BCUT2D eigenvalue weighted by Crippen LogP contribution is -2.22. The number of unbranched alkanes of at least 4 members (excludes halogenated alkanes) is 2. The van der Waals surface area contributed by atoms with Crippen molar-refractivity contribution in [1.82, 2.24) is 0 Å². The lowest BCUT2D eigenvalue weighted by atomic mass is 10.0. The summed E-state index contributed by atoms with van der Waals surface area (Å²) < 4.78 is 11.7. The van der Waals surface area contributed by atoms with Gasteiger partial charge < -0.3 is 29.3 Å². The van der Waals surface area contributed by atoms with Crippen LogP contribution in [0.2, 0.25) is 0 Å². The van der Waals surface area contributed by atoms with Gasteiger partial charge in [0.1, 0.15) is 0 Å². The van der Waals surface area contributed by atoms with Crippen molar-refractivity contribution in [2.75, 3.05) is 13.2 Å². The lowest BCUT2D eigenvalue weighted by molar-refractivity contribution is -0.255. The monoisotopic (exact) mass is 426 g/mol. The molecule has 0 saturated carbocycles. The lowest BCUT2D eigenvalue weighted by Gasteiger charge is -2.20. The molecule has 1 aromatic heterocycles. The Morgan fingerprint density at radius 3 is 1.45 bits per heavy atom. The van der Waals surface area contributed by atoms with Crippen molar-refractivity contribution in [3.05, 3.63) is 9.75 Å². The molecule has 29 heavy (non-hydrogen) atoms. The maximum absolute atomic E-state index is 11.6. The van der Waals surface area contributed by atoms with Gasteiger partial charge in [-0.2, -0.15) is 0 Å². The van der Waals surface area contributed by atoms with Crippen LogP contribution in [0.4, 0.5) is 0 Å². The van der Waals surface area contributed by atoms with Crippen molar-refractivity contribution < 1.29 is 29.3 Å². The number of carboxylic acid groups (broad SMARTS) is 2. The van der Waals surface area contributed by atoms with E-state index in [4.69, 9.17) is 9.47 Å². The van der Waals surface area contributed by atoms with E-state index in [-0.39, 0.29) is 33.1 Å². The minimum atomic E-state index is -1.47. The summed E-state index contributed by atoms with van der Waals surface area (Å²) in [5, 5.41) is 23.2. The number of hydrogen-bond acceptors (Lipinski definition) is 7. The highest BCUT2D eigenvalue weighted by Gasteiger charge is 2.24. The van der Waals surface area contributed by atoms with Gasteiger partial charge in [-0.3, -0.25) is 0 Å². The third-order valence-electron chi connectivity index (χ3n) is 5.21. The molecule has 1 aromatic rings. The predicted molar refractivity (Wildman–Crippen MR) is 111 cm³/mol. The molecule has 2 atom stereocenters. The number of hydrogen-bond donors (Lipinski definition) is 0. The average molecular weight is 427 g/mol.